The maximum Gasteiger partial charge on any atom is 0.243 e. The highest BCUT2D eigenvalue weighted by Gasteiger charge is 2.18. The molecule has 0 aromatic heterocycles. The van der Waals surface area contributed by atoms with Gasteiger partial charge >= 0.3 is 0 Å². The summed E-state index contributed by atoms with van der Waals surface area (Å²) in [7, 11) is -3.93. The normalized spacial score (nSPS) is 12.9. The predicted octanol–water partition coefficient (Wildman–Crippen LogP) is 1.41. The molecule has 0 saturated heterocycles. The first-order valence-electron chi connectivity index (χ1n) is 6.40. The summed E-state index contributed by atoms with van der Waals surface area (Å²) >= 11 is 0. The van der Waals surface area contributed by atoms with Crippen LogP contribution in [0.2, 0.25) is 0 Å². The van der Waals surface area contributed by atoms with Crippen molar-refractivity contribution in [3.8, 4) is 0 Å². The van der Waals surface area contributed by atoms with Gasteiger partial charge in [0.2, 0.25) is 15.9 Å². The fourth-order valence-electron chi connectivity index (χ4n) is 1.49. The molecule has 1 unspecified atom stereocenters. The van der Waals surface area contributed by atoms with Gasteiger partial charge in [-0.2, -0.15) is 0 Å². The molecule has 20 heavy (non-hydrogen) atoms. The molecule has 5 nitrogen and oxygen atoms in total. The number of carbonyl (C=O) groups is 1. The molecule has 1 aromatic rings. The molecule has 1 amide bonds. The highest BCUT2D eigenvalue weighted by atomic mass is 32.2. The molecule has 0 aliphatic carbocycles. The largest absolute Gasteiger partial charge is 0.354 e. The number of sulfonamides is 1. The van der Waals surface area contributed by atoms with Gasteiger partial charge in [0.25, 0.3) is 0 Å². The van der Waals surface area contributed by atoms with Crippen molar-refractivity contribution in [3.63, 3.8) is 0 Å². The van der Waals surface area contributed by atoms with Crippen molar-refractivity contribution in [2.75, 3.05) is 6.54 Å². The summed E-state index contributed by atoms with van der Waals surface area (Å²) in [5.41, 5.74) is 0. The molecule has 112 valence electrons. The second-order valence-electron chi connectivity index (χ2n) is 4.46. The third-order valence-electron chi connectivity index (χ3n) is 2.79. The molecule has 0 spiro atoms. The van der Waals surface area contributed by atoms with Gasteiger partial charge in [-0.1, -0.05) is 19.1 Å². The number of halogens is 1. The fourth-order valence-corrected chi connectivity index (χ4v) is 2.60. The Morgan fingerprint density at radius 3 is 2.60 bits per heavy atom. The van der Waals surface area contributed by atoms with Crippen molar-refractivity contribution < 1.29 is 17.6 Å². The molecule has 7 heteroatoms. The SMILES string of the molecule is CCC(C)NC(=O)CCNS(=O)(=O)c1ccccc1F. The van der Waals surface area contributed by atoms with E-state index < -0.39 is 20.7 Å². The molecular formula is C13H19FN2O3S. The van der Waals surface area contributed by atoms with E-state index >= 15 is 0 Å². The van der Waals surface area contributed by atoms with E-state index in [0.29, 0.717) is 0 Å². The van der Waals surface area contributed by atoms with E-state index in [0.717, 1.165) is 12.5 Å². The zero-order valence-corrected chi connectivity index (χ0v) is 12.3. The molecule has 0 aliphatic heterocycles. The van der Waals surface area contributed by atoms with Gasteiger partial charge in [0.1, 0.15) is 10.7 Å². The first kappa shape index (κ1) is 16.6. The van der Waals surface area contributed by atoms with E-state index in [2.05, 4.69) is 10.0 Å². The molecule has 0 heterocycles. The van der Waals surface area contributed by atoms with Gasteiger partial charge in [-0.05, 0) is 25.5 Å². The van der Waals surface area contributed by atoms with E-state index in [1.54, 1.807) is 0 Å². The lowest BCUT2D eigenvalue weighted by molar-refractivity contribution is -0.121. The highest BCUT2D eigenvalue weighted by molar-refractivity contribution is 7.89. The van der Waals surface area contributed by atoms with E-state index in [1.807, 2.05) is 13.8 Å². The number of carbonyl (C=O) groups excluding carboxylic acids is 1. The van der Waals surface area contributed by atoms with Crippen LogP contribution in [0.1, 0.15) is 26.7 Å². The van der Waals surface area contributed by atoms with E-state index in [-0.39, 0.29) is 24.9 Å². The first-order valence-corrected chi connectivity index (χ1v) is 7.88. The van der Waals surface area contributed by atoms with Crippen LogP contribution in [0.25, 0.3) is 0 Å². The minimum Gasteiger partial charge on any atom is -0.354 e. The molecule has 1 atom stereocenters. The maximum atomic E-state index is 13.4. The average molecular weight is 302 g/mol. The zero-order chi connectivity index (χ0) is 15.2. The lowest BCUT2D eigenvalue weighted by atomic mass is 10.2. The zero-order valence-electron chi connectivity index (χ0n) is 11.5. The summed E-state index contributed by atoms with van der Waals surface area (Å²) < 4.78 is 39.3. The van der Waals surface area contributed by atoms with Gasteiger partial charge in [-0.3, -0.25) is 4.79 Å². The fraction of sp³-hybridized carbons (Fsp3) is 0.462. The van der Waals surface area contributed by atoms with Crippen LogP contribution in [0.15, 0.2) is 29.2 Å². The Morgan fingerprint density at radius 2 is 2.00 bits per heavy atom. The predicted molar refractivity (Wildman–Crippen MR) is 74.1 cm³/mol. The molecule has 2 N–H and O–H groups in total. The van der Waals surface area contributed by atoms with E-state index in [9.17, 15) is 17.6 Å². The smallest absolute Gasteiger partial charge is 0.243 e. The van der Waals surface area contributed by atoms with Crippen LogP contribution in [0.5, 0.6) is 0 Å². The maximum absolute atomic E-state index is 13.4. The molecule has 0 radical (unpaired) electrons. The van der Waals surface area contributed by atoms with Crippen molar-refractivity contribution in [1.29, 1.82) is 0 Å². The molecular weight excluding hydrogens is 283 g/mol. The topological polar surface area (TPSA) is 75.3 Å². The molecule has 0 bridgehead atoms. The van der Waals surface area contributed by atoms with Crippen molar-refractivity contribution >= 4 is 15.9 Å². The lowest BCUT2D eigenvalue weighted by Crippen LogP contribution is -2.35. The number of benzene rings is 1. The Hall–Kier alpha value is -1.47. The van der Waals surface area contributed by atoms with Crippen molar-refractivity contribution in [2.45, 2.75) is 37.6 Å². The van der Waals surface area contributed by atoms with Gasteiger partial charge in [0.15, 0.2) is 0 Å². The first-order chi connectivity index (χ1) is 9.36. The van der Waals surface area contributed by atoms with Gasteiger partial charge < -0.3 is 5.32 Å². The van der Waals surface area contributed by atoms with Crippen LogP contribution in [-0.4, -0.2) is 26.9 Å². The third kappa shape index (κ3) is 4.90. The summed E-state index contributed by atoms with van der Waals surface area (Å²) in [5, 5.41) is 2.72. The van der Waals surface area contributed by atoms with Crippen molar-refractivity contribution in [3.05, 3.63) is 30.1 Å². The average Bonchev–Trinajstić information content (AvgIpc) is 2.38. The Morgan fingerprint density at radius 1 is 1.35 bits per heavy atom. The molecule has 0 aliphatic rings. The van der Waals surface area contributed by atoms with Crippen LogP contribution in [0, 0.1) is 5.82 Å². The molecule has 1 rings (SSSR count). The minimum atomic E-state index is -3.93. The molecule has 0 fully saturated rings. The lowest BCUT2D eigenvalue weighted by Gasteiger charge is -2.11. The van der Waals surface area contributed by atoms with Crippen LogP contribution in [0.3, 0.4) is 0 Å². The number of hydrogen-bond donors (Lipinski definition) is 2. The summed E-state index contributed by atoms with van der Waals surface area (Å²) in [4.78, 5) is 11.1. The quantitative estimate of drug-likeness (QED) is 0.799. The Bertz CT molecular complexity index is 560. The minimum absolute atomic E-state index is 0.0119. The van der Waals surface area contributed by atoms with Crippen LogP contribution < -0.4 is 10.0 Å². The number of hydrogen-bond acceptors (Lipinski definition) is 3. The Kier molecular flexibility index (Phi) is 6.09. The monoisotopic (exact) mass is 302 g/mol. The number of amides is 1. The van der Waals surface area contributed by atoms with Crippen LogP contribution in [-0.2, 0) is 14.8 Å². The van der Waals surface area contributed by atoms with Gasteiger partial charge in [-0.15, -0.1) is 0 Å². The standard InChI is InChI=1S/C13H19FN2O3S/c1-3-10(2)16-13(17)8-9-15-20(18,19)12-7-5-4-6-11(12)14/h4-7,10,15H,3,8-9H2,1-2H3,(H,16,17). The van der Waals surface area contributed by atoms with Crippen molar-refractivity contribution in [1.82, 2.24) is 10.0 Å². The number of rotatable bonds is 7. The van der Waals surface area contributed by atoms with E-state index in [4.69, 9.17) is 0 Å². The summed E-state index contributed by atoms with van der Waals surface area (Å²) in [6.45, 7) is 3.73. The van der Waals surface area contributed by atoms with Gasteiger partial charge in [0, 0.05) is 19.0 Å². The van der Waals surface area contributed by atoms with Crippen LogP contribution in [0.4, 0.5) is 4.39 Å². The van der Waals surface area contributed by atoms with Gasteiger partial charge in [0.05, 0.1) is 0 Å². The van der Waals surface area contributed by atoms with Gasteiger partial charge in [-0.25, -0.2) is 17.5 Å². The van der Waals surface area contributed by atoms with Crippen LogP contribution >= 0.6 is 0 Å². The molecule has 0 saturated carbocycles. The summed E-state index contributed by atoms with van der Waals surface area (Å²) in [5.74, 6) is -1.06. The van der Waals surface area contributed by atoms with E-state index in [1.165, 1.54) is 18.2 Å². The summed E-state index contributed by atoms with van der Waals surface area (Å²) in [6, 6.07) is 5.15. The Labute approximate surface area is 118 Å². The number of nitrogens with one attached hydrogen (secondary N) is 2. The second-order valence-corrected chi connectivity index (χ2v) is 6.19. The summed E-state index contributed by atoms with van der Waals surface area (Å²) in [6.07, 6.45) is 0.810. The Balaban J connectivity index is 2.53. The van der Waals surface area contributed by atoms with Crippen molar-refractivity contribution in [2.24, 2.45) is 0 Å². The third-order valence-corrected chi connectivity index (χ3v) is 4.28. The molecule has 1 aromatic carbocycles. The second kappa shape index (κ2) is 7.35. The highest BCUT2D eigenvalue weighted by Crippen LogP contribution is 2.12.